The molecule has 0 saturated carbocycles. The molecule has 0 N–H and O–H groups in total. The molecule has 0 unspecified atom stereocenters. The zero-order valence-electron chi connectivity index (χ0n) is 11.1. The van der Waals surface area contributed by atoms with Gasteiger partial charge in [0.05, 0.1) is 5.39 Å². The first kappa shape index (κ1) is 13.5. The van der Waals surface area contributed by atoms with Crippen molar-refractivity contribution in [2.75, 3.05) is 0 Å². The highest BCUT2D eigenvalue weighted by molar-refractivity contribution is 9.10. The minimum Gasteiger partial charge on any atom is -0.438 e. The first-order valence-electron chi connectivity index (χ1n) is 6.30. The van der Waals surface area contributed by atoms with Crippen molar-refractivity contribution in [3.63, 3.8) is 0 Å². The Morgan fingerprint density at radius 2 is 2.05 bits per heavy atom. The Labute approximate surface area is 129 Å². The highest BCUT2D eigenvalue weighted by atomic mass is 79.9. The largest absolute Gasteiger partial charge is 0.438 e. The van der Waals surface area contributed by atoms with Crippen molar-refractivity contribution in [1.82, 2.24) is 9.97 Å². The van der Waals surface area contributed by atoms with Gasteiger partial charge in [-0.1, -0.05) is 29.8 Å². The van der Waals surface area contributed by atoms with Crippen LogP contribution in [0, 0.1) is 0 Å². The molecular formula is C15H13BrN2OS. The Morgan fingerprint density at radius 1 is 1.20 bits per heavy atom. The highest BCUT2D eigenvalue weighted by Crippen LogP contribution is 2.35. The van der Waals surface area contributed by atoms with Crippen molar-refractivity contribution in [2.24, 2.45) is 0 Å². The highest BCUT2D eigenvalue weighted by Gasteiger charge is 2.12. The van der Waals surface area contributed by atoms with Crippen LogP contribution in [0.4, 0.5) is 0 Å². The van der Waals surface area contributed by atoms with E-state index >= 15 is 0 Å². The standard InChI is InChI=1S/C15H13BrN2OS/c1-9(2)12-7-10(16)3-4-13(12)19-14-11-5-6-20-15(11)18-8-17-14/h3-9H,1-2H3. The molecular weight excluding hydrogens is 336 g/mol. The summed E-state index contributed by atoms with van der Waals surface area (Å²) in [6.45, 7) is 4.30. The van der Waals surface area contributed by atoms with E-state index in [9.17, 15) is 0 Å². The maximum atomic E-state index is 6.03. The number of fused-ring (bicyclic) bond motifs is 1. The molecule has 0 atom stereocenters. The third-order valence-electron chi connectivity index (χ3n) is 3.03. The molecule has 0 amide bonds. The first-order valence-corrected chi connectivity index (χ1v) is 7.98. The SMILES string of the molecule is CC(C)c1cc(Br)ccc1Oc1ncnc2sccc12. The molecule has 5 heteroatoms. The molecule has 0 radical (unpaired) electrons. The van der Waals surface area contributed by atoms with Crippen LogP contribution in [0.5, 0.6) is 11.6 Å². The first-order chi connectivity index (χ1) is 9.65. The van der Waals surface area contributed by atoms with Crippen LogP contribution in [0.1, 0.15) is 25.3 Å². The zero-order valence-corrected chi connectivity index (χ0v) is 13.5. The lowest BCUT2D eigenvalue weighted by Gasteiger charge is -2.14. The molecule has 0 aliphatic carbocycles. The minimum absolute atomic E-state index is 0.377. The third kappa shape index (κ3) is 2.55. The molecule has 3 nitrogen and oxygen atoms in total. The summed E-state index contributed by atoms with van der Waals surface area (Å²) in [6.07, 6.45) is 1.54. The quantitative estimate of drug-likeness (QED) is 0.638. The van der Waals surface area contributed by atoms with Crippen molar-refractivity contribution >= 4 is 37.5 Å². The Morgan fingerprint density at radius 3 is 2.85 bits per heavy atom. The lowest BCUT2D eigenvalue weighted by Crippen LogP contribution is -1.96. The second-order valence-electron chi connectivity index (χ2n) is 4.76. The lowest BCUT2D eigenvalue weighted by molar-refractivity contribution is 0.459. The number of ether oxygens (including phenoxy) is 1. The van der Waals surface area contributed by atoms with Crippen LogP contribution in [-0.2, 0) is 0 Å². The number of aromatic nitrogens is 2. The summed E-state index contributed by atoms with van der Waals surface area (Å²) in [4.78, 5) is 9.44. The number of rotatable bonds is 3. The van der Waals surface area contributed by atoms with Gasteiger partial charge in [0.15, 0.2) is 0 Å². The number of benzene rings is 1. The molecule has 0 fully saturated rings. The van der Waals surface area contributed by atoms with Gasteiger partial charge < -0.3 is 4.74 Å². The lowest BCUT2D eigenvalue weighted by atomic mass is 10.0. The van der Waals surface area contributed by atoms with E-state index in [1.165, 1.54) is 0 Å². The summed E-state index contributed by atoms with van der Waals surface area (Å²) in [5.74, 6) is 1.83. The third-order valence-corrected chi connectivity index (χ3v) is 4.34. The molecule has 0 saturated heterocycles. The van der Waals surface area contributed by atoms with Crippen LogP contribution in [0.3, 0.4) is 0 Å². The van der Waals surface area contributed by atoms with Crippen molar-refractivity contribution in [3.8, 4) is 11.6 Å². The minimum atomic E-state index is 0.377. The van der Waals surface area contributed by atoms with Gasteiger partial charge in [0.2, 0.25) is 5.88 Å². The van der Waals surface area contributed by atoms with Crippen LogP contribution in [0.15, 0.2) is 40.4 Å². The number of hydrogen-bond acceptors (Lipinski definition) is 4. The number of thiophene rings is 1. The average Bonchev–Trinajstić information content (AvgIpc) is 2.90. The molecule has 0 aliphatic heterocycles. The molecule has 3 aromatic rings. The van der Waals surface area contributed by atoms with Crippen LogP contribution in [-0.4, -0.2) is 9.97 Å². The average molecular weight is 349 g/mol. The summed E-state index contributed by atoms with van der Waals surface area (Å²) < 4.78 is 7.08. The van der Waals surface area contributed by atoms with E-state index in [4.69, 9.17) is 4.74 Å². The van der Waals surface area contributed by atoms with E-state index in [0.29, 0.717) is 11.8 Å². The van der Waals surface area contributed by atoms with Crippen LogP contribution in [0.25, 0.3) is 10.2 Å². The van der Waals surface area contributed by atoms with Crippen molar-refractivity contribution in [2.45, 2.75) is 19.8 Å². The molecule has 102 valence electrons. The van der Waals surface area contributed by atoms with Gasteiger partial charge in [-0.25, -0.2) is 9.97 Å². The summed E-state index contributed by atoms with van der Waals surface area (Å²) in [5, 5.41) is 2.95. The van der Waals surface area contributed by atoms with Crippen molar-refractivity contribution in [1.29, 1.82) is 0 Å². The molecule has 2 aromatic heterocycles. The number of hydrogen-bond donors (Lipinski definition) is 0. The monoisotopic (exact) mass is 348 g/mol. The Kier molecular flexibility index (Phi) is 3.72. The van der Waals surface area contributed by atoms with Gasteiger partial charge in [0, 0.05) is 4.47 Å². The van der Waals surface area contributed by atoms with Crippen LogP contribution < -0.4 is 4.74 Å². The molecule has 0 spiro atoms. The predicted molar refractivity (Wildman–Crippen MR) is 85.7 cm³/mol. The van der Waals surface area contributed by atoms with E-state index < -0.39 is 0 Å². The van der Waals surface area contributed by atoms with Gasteiger partial charge in [-0.05, 0) is 41.1 Å². The van der Waals surface area contributed by atoms with E-state index in [1.54, 1.807) is 17.7 Å². The summed E-state index contributed by atoms with van der Waals surface area (Å²) >= 11 is 5.09. The van der Waals surface area contributed by atoms with Gasteiger partial charge in [-0.3, -0.25) is 0 Å². The van der Waals surface area contributed by atoms with Gasteiger partial charge in [0.1, 0.15) is 16.9 Å². The molecule has 3 rings (SSSR count). The number of halogens is 1. The zero-order chi connectivity index (χ0) is 14.1. The number of nitrogens with zero attached hydrogens (tertiary/aromatic N) is 2. The molecule has 0 bridgehead atoms. The summed E-state index contributed by atoms with van der Waals surface area (Å²) in [5.41, 5.74) is 1.15. The van der Waals surface area contributed by atoms with Crippen molar-refractivity contribution < 1.29 is 4.74 Å². The summed E-state index contributed by atoms with van der Waals surface area (Å²) in [7, 11) is 0. The van der Waals surface area contributed by atoms with Gasteiger partial charge in [-0.2, -0.15) is 0 Å². The second-order valence-corrected chi connectivity index (χ2v) is 6.57. The van der Waals surface area contributed by atoms with Crippen LogP contribution >= 0.6 is 27.3 Å². The van der Waals surface area contributed by atoms with Gasteiger partial charge >= 0.3 is 0 Å². The molecule has 20 heavy (non-hydrogen) atoms. The fourth-order valence-corrected chi connectivity index (χ4v) is 3.12. The van der Waals surface area contributed by atoms with Gasteiger partial charge in [-0.15, -0.1) is 11.3 Å². The Hall–Kier alpha value is -1.46. The maximum absolute atomic E-state index is 6.03. The van der Waals surface area contributed by atoms with E-state index in [2.05, 4.69) is 45.8 Å². The van der Waals surface area contributed by atoms with Gasteiger partial charge in [0.25, 0.3) is 0 Å². The smallest absolute Gasteiger partial charge is 0.231 e. The molecule has 2 heterocycles. The molecule has 1 aromatic carbocycles. The second kappa shape index (κ2) is 5.50. The van der Waals surface area contributed by atoms with E-state index in [-0.39, 0.29) is 0 Å². The summed E-state index contributed by atoms with van der Waals surface area (Å²) in [6, 6.07) is 8.03. The maximum Gasteiger partial charge on any atom is 0.231 e. The van der Waals surface area contributed by atoms with E-state index in [0.717, 1.165) is 26.0 Å². The topological polar surface area (TPSA) is 35.0 Å². The Bertz CT molecular complexity index is 754. The predicted octanol–water partition coefficient (Wildman–Crippen LogP) is 5.37. The van der Waals surface area contributed by atoms with Crippen molar-refractivity contribution in [3.05, 3.63) is 46.0 Å². The van der Waals surface area contributed by atoms with E-state index in [1.807, 2.05) is 23.6 Å². The fraction of sp³-hybridized carbons (Fsp3) is 0.200. The fourth-order valence-electron chi connectivity index (χ4n) is 2.02. The molecule has 0 aliphatic rings. The normalized spacial score (nSPS) is 11.2. The Balaban J connectivity index is 2.05. The van der Waals surface area contributed by atoms with Crippen LogP contribution in [0.2, 0.25) is 0 Å².